The summed E-state index contributed by atoms with van der Waals surface area (Å²) in [5, 5.41) is 17.4. The molecule has 0 aliphatic carbocycles. The first kappa shape index (κ1) is 9.23. The van der Waals surface area contributed by atoms with Crippen LogP contribution in [0.3, 0.4) is 0 Å². The lowest BCUT2D eigenvalue weighted by atomic mass is 10.2. The molecule has 2 rings (SSSR count). The van der Waals surface area contributed by atoms with Gasteiger partial charge in [-0.15, -0.1) is 5.10 Å². The van der Waals surface area contributed by atoms with Gasteiger partial charge in [0.15, 0.2) is 11.3 Å². The molecule has 0 fully saturated rings. The zero-order valence-corrected chi connectivity index (χ0v) is 8.14. The summed E-state index contributed by atoms with van der Waals surface area (Å²) in [5.41, 5.74) is 0.552. The molecule has 0 aromatic carbocycles. The van der Waals surface area contributed by atoms with Crippen LogP contribution in [0.1, 0.15) is 17.6 Å². The average molecular weight is 214 g/mol. The van der Waals surface area contributed by atoms with Crippen molar-refractivity contribution in [1.82, 2.24) is 15.0 Å². The first-order valence-corrected chi connectivity index (χ1v) is 4.34. The number of hydrogen-bond acceptors (Lipinski definition) is 4. The van der Waals surface area contributed by atoms with E-state index in [1.54, 1.807) is 19.2 Å². The molecule has 1 unspecified atom stereocenters. The Bertz CT molecular complexity index is 437. The van der Waals surface area contributed by atoms with E-state index >= 15 is 0 Å². The van der Waals surface area contributed by atoms with E-state index in [1.807, 2.05) is 0 Å². The number of rotatable bonds is 2. The van der Waals surface area contributed by atoms with Gasteiger partial charge in [-0.1, -0.05) is 5.21 Å². The third-order valence-electron chi connectivity index (χ3n) is 1.89. The largest absolute Gasteiger partial charge is 0.447 e. The SMILES string of the molecule is Cn1nncc1C(O)c1ccc(Cl)o1. The Hall–Kier alpha value is -1.33. The van der Waals surface area contributed by atoms with Gasteiger partial charge in [0.25, 0.3) is 0 Å². The van der Waals surface area contributed by atoms with Crippen molar-refractivity contribution >= 4 is 11.6 Å². The Morgan fingerprint density at radius 1 is 1.57 bits per heavy atom. The van der Waals surface area contributed by atoms with Crippen molar-refractivity contribution in [3.63, 3.8) is 0 Å². The molecule has 0 saturated heterocycles. The molecule has 0 aliphatic rings. The topological polar surface area (TPSA) is 64.1 Å². The second kappa shape index (κ2) is 3.43. The van der Waals surface area contributed by atoms with Gasteiger partial charge in [-0.05, 0) is 23.7 Å². The van der Waals surface area contributed by atoms with Gasteiger partial charge in [-0.2, -0.15) is 0 Å². The zero-order chi connectivity index (χ0) is 10.1. The predicted octanol–water partition coefficient (Wildman–Crippen LogP) is 1.14. The van der Waals surface area contributed by atoms with Crippen LogP contribution in [-0.2, 0) is 7.05 Å². The Kier molecular flexibility index (Phi) is 2.26. The van der Waals surface area contributed by atoms with E-state index in [0.29, 0.717) is 11.5 Å². The standard InChI is InChI=1S/C8H8ClN3O2/c1-12-5(4-10-11-12)8(13)6-2-3-7(9)14-6/h2-4,8,13H,1H3. The number of nitrogens with zero attached hydrogens (tertiary/aromatic N) is 3. The molecule has 0 spiro atoms. The van der Waals surface area contributed by atoms with Gasteiger partial charge in [0.1, 0.15) is 5.76 Å². The summed E-state index contributed by atoms with van der Waals surface area (Å²) in [6.45, 7) is 0. The van der Waals surface area contributed by atoms with Crippen molar-refractivity contribution < 1.29 is 9.52 Å². The predicted molar refractivity (Wildman–Crippen MR) is 48.8 cm³/mol. The smallest absolute Gasteiger partial charge is 0.193 e. The lowest BCUT2D eigenvalue weighted by molar-refractivity contribution is 0.180. The fraction of sp³-hybridized carbons (Fsp3) is 0.250. The molecular weight excluding hydrogens is 206 g/mol. The summed E-state index contributed by atoms with van der Waals surface area (Å²) in [6, 6.07) is 3.18. The van der Waals surface area contributed by atoms with Gasteiger partial charge in [0.2, 0.25) is 0 Å². The molecule has 0 saturated carbocycles. The molecule has 0 bridgehead atoms. The maximum absolute atomic E-state index is 9.82. The molecule has 0 radical (unpaired) electrons. The van der Waals surface area contributed by atoms with Gasteiger partial charge >= 0.3 is 0 Å². The summed E-state index contributed by atoms with van der Waals surface area (Å²) in [7, 11) is 1.69. The summed E-state index contributed by atoms with van der Waals surface area (Å²) in [4.78, 5) is 0. The van der Waals surface area contributed by atoms with Crippen LogP contribution < -0.4 is 0 Å². The fourth-order valence-corrected chi connectivity index (χ4v) is 1.32. The van der Waals surface area contributed by atoms with Gasteiger partial charge in [-0.3, -0.25) is 0 Å². The molecule has 2 heterocycles. The highest BCUT2D eigenvalue weighted by atomic mass is 35.5. The maximum Gasteiger partial charge on any atom is 0.193 e. The highest BCUT2D eigenvalue weighted by Crippen LogP contribution is 2.24. The Balaban J connectivity index is 2.33. The molecule has 2 aromatic rings. The van der Waals surface area contributed by atoms with E-state index in [2.05, 4.69) is 10.3 Å². The summed E-state index contributed by atoms with van der Waals surface area (Å²) in [5.74, 6) is 0.375. The second-order valence-corrected chi connectivity index (χ2v) is 3.20. The first-order chi connectivity index (χ1) is 6.68. The van der Waals surface area contributed by atoms with Crippen LogP contribution in [0, 0.1) is 0 Å². The van der Waals surface area contributed by atoms with Crippen molar-refractivity contribution in [2.75, 3.05) is 0 Å². The Labute approximate surface area is 84.9 Å². The van der Waals surface area contributed by atoms with Crippen LogP contribution in [0.15, 0.2) is 22.7 Å². The summed E-state index contributed by atoms with van der Waals surface area (Å²) in [6.07, 6.45) is 0.587. The van der Waals surface area contributed by atoms with Crippen molar-refractivity contribution in [1.29, 1.82) is 0 Å². The number of halogens is 1. The van der Waals surface area contributed by atoms with Crippen molar-refractivity contribution in [3.05, 3.63) is 35.0 Å². The first-order valence-electron chi connectivity index (χ1n) is 3.96. The minimum Gasteiger partial charge on any atom is -0.447 e. The van der Waals surface area contributed by atoms with Crippen LogP contribution in [-0.4, -0.2) is 20.1 Å². The lowest BCUT2D eigenvalue weighted by Gasteiger charge is -2.05. The lowest BCUT2D eigenvalue weighted by Crippen LogP contribution is -2.05. The second-order valence-electron chi connectivity index (χ2n) is 2.83. The summed E-state index contributed by atoms with van der Waals surface area (Å²) < 4.78 is 6.54. The van der Waals surface area contributed by atoms with Gasteiger partial charge in [0, 0.05) is 7.05 Å². The van der Waals surface area contributed by atoms with E-state index in [-0.39, 0.29) is 5.22 Å². The van der Waals surface area contributed by atoms with E-state index in [9.17, 15) is 5.11 Å². The van der Waals surface area contributed by atoms with E-state index in [4.69, 9.17) is 16.0 Å². The van der Waals surface area contributed by atoms with E-state index in [0.717, 1.165) is 0 Å². The number of aliphatic hydroxyl groups is 1. The van der Waals surface area contributed by atoms with Crippen LogP contribution in [0.5, 0.6) is 0 Å². The minimum absolute atomic E-state index is 0.245. The summed E-state index contributed by atoms with van der Waals surface area (Å²) >= 11 is 5.59. The van der Waals surface area contributed by atoms with Gasteiger partial charge in [0.05, 0.1) is 11.9 Å². The molecule has 0 aliphatic heterocycles. The van der Waals surface area contributed by atoms with E-state index in [1.165, 1.54) is 10.9 Å². The van der Waals surface area contributed by atoms with Gasteiger partial charge in [-0.25, -0.2) is 4.68 Å². The van der Waals surface area contributed by atoms with Crippen LogP contribution in [0.4, 0.5) is 0 Å². The zero-order valence-electron chi connectivity index (χ0n) is 7.38. The number of aromatic nitrogens is 3. The van der Waals surface area contributed by atoms with Crippen molar-refractivity contribution in [2.45, 2.75) is 6.10 Å². The number of hydrogen-bond donors (Lipinski definition) is 1. The Morgan fingerprint density at radius 3 is 2.86 bits per heavy atom. The Morgan fingerprint density at radius 2 is 2.36 bits per heavy atom. The fourth-order valence-electron chi connectivity index (χ4n) is 1.17. The van der Waals surface area contributed by atoms with Crippen LogP contribution in [0.25, 0.3) is 0 Å². The molecule has 5 nitrogen and oxygen atoms in total. The molecule has 2 aromatic heterocycles. The van der Waals surface area contributed by atoms with Crippen molar-refractivity contribution in [2.24, 2.45) is 7.05 Å². The molecule has 14 heavy (non-hydrogen) atoms. The maximum atomic E-state index is 9.82. The minimum atomic E-state index is -0.887. The third-order valence-corrected chi connectivity index (χ3v) is 2.10. The average Bonchev–Trinajstić information content (AvgIpc) is 2.73. The monoisotopic (exact) mass is 213 g/mol. The molecular formula is C8H8ClN3O2. The highest BCUT2D eigenvalue weighted by molar-refractivity contribution is 6.28. The molecule has 1 N–H and O–H groups in total. The number of furan rings is 1. The normalized spacial score (nSPS) is 13.1. The van der Waals surface area contributed by atoms with Crippen LogP contribution in [0.2, 0.25) is 5.22 Å². The molecule has 1 atom stereocenters. The molecule has 74 valence electrons. The molecule has 6 heteroatoms. The third kappa shape index (κ3) is 1.51. The quantitative estimate of drug-likeness (QED) is 0.813. The van der Waals surface area contributed by atoms with E-state index < -0.39 is 6.10 Å². The highest BCUT2D eigenvalue weighted by Gasteiger charge is 2.18. The molecule has 0 amide bonds. The van der Waals surface area contributed by atoms with Gasteiger partial charge < -0.3 is 9.52 Å². The van der Waals surface area contributed by atoms with Crippen molar-refractivity contribution in [3.8, 4) is 0 Å². The number of aryl methyl sites for hydroxylation is 1. The van der Waals surface area contributed by atoms with Crippen LogP contribution >= 0.6 is 11.6 Å². The number of aliphatic hydroxyl groups excluding tert-OH is 1.